The van der Waals surface area contributed by atoms with Gasteiger partial charge in [0.05, 0.1) is 24.4 Å². The van der Waals surface area contributed by atoms with E-state index in [1.54, 1.807) is 13.8 Å². The van der Waals surface area contributed by atoms with Crippen LogP contribution in [0.3, 0.4) is 0 Å². The monoisotopic (exact) mass is 253 g/mol. The van der Waals surface area contributed by atoms with Gasteiger partial charge in [0, 0.05) is 0 Å². The van der Waals surface area contributed by atoms with Gasteiger partial charge >= 0.3 is 0 Å². The van der Waals surface area contributed by atoms with Crippen LogP contribution in [0.15, 0.2) is 0 Å². The van der Waals surface area contributed by atoms with Gasteiger partial charge in [-0.1, -0.05) is 13.8 Å². The highest BCUT2D eigenvalue weighted by Crippen LogP contribution is 2.14. The predicted octanol–water partition coefficient (Wildman–Crippen LogP) is -0.921. The number of carbonyl (C=O) groups is 1. The maximum absolute atomic E-state index is 11.5. The Labute approximate surface area is 95.7 Å². The van der Waals surface area contributed by atoms with E-state index in [1.807, 2.05) is 4.72 Å². The Morgan fingerprint density at radius 1 is 1.31 bits per heavy atom. The van der Waals surface area contributed by atoms with Gasteiger partial charge in [-0.15, -0.1) is 0 Å². The molecule has 0 aliphatic carbocycles. The summed E-state index contributed by atoms with van der Waals surface area (Å²) in [6, 6.07) is 0. The molecule has 7 heteroatoms. The lowest BCUT2D eigenvalue weighted by atomic mass is 9.92. The molecule has 0 bridgehead atoms. The molecule has 0 aliphatic rings. The fourth-order valence-corrected chi connectivity index (χ4v) is 2.43. The van der Waals surface area contributed by atoms with Gasteiger partial charge in [-0.3, -0.25) is 9.52 Å². The van der Waals surface area contributed by atoms with Gasteiger partial charge in [0.1, 0.15) is 0 Å². The third-order valence-corrected chi connectivity index (χ3v) is 3.65. The standard InChI is InChI=1S/C9H19NO5S/c1-7(2)4-16(14,15)10-8(13)9(3,5-11)6-12/h7,11-12H,4-6H2,1-3H3,(H,10,13). The summed E-state index contributed by atoms with van der Waals surface area (Å²) in [5.41, 5.74) is -1.48. The number of nitrogens with one attached hydrogen (secondary N) is 1. The van der Waals surface area contributed by atoms with Crippen molar-refractivity contribution in [3.05, 3.63) is 0 Å². The summed E-state index contributed by atoms with van der Waals surface area (Å²) >= 11 is 0. The van der Waals surface area contributed by atoms with Crippen LogP contribution in [0.25, 0.3) is 0 Å². The topological polar surface area (TPSA) is 104 Å². The van der Waals surface area contributed by atoms with Crippen molar-refractivity contribution in [2.75, 3.05) is 19.0 Å². The molecule has 0 rings (SSSR count). The van der Waals surface area contributed by atoms with Crippen molar-refractivity contribution in [2.45, 2.75) is 20.8 Å². The molecule has 0 aromatic heterocycles. The summed E-state index contributed by atoms with van der Waals surface area (Å²) in [6.07, 6.45) is 0. The number of hydrogen-bond acceptors (Lipinski definition) is 5. The van der Waals surface area contributed by atoms with E-state index >= 15 is 0 Å². The van der Waals surface area contributed by atoms with E-state index in [9.17, 15) is 13.2 Å². The van der Waals surface area contributed by atoms with E-state index in [4.69, 9.17) is 10.2 Å². The van der Waals surface area contributed by atoms with Gasteiger partial charge in [0.25, 0.3) is 0 Å². The van der Waals surface area contributed by atoms with Crippen molar-refractivity contribution in [2.24, 2.45) is 11.3 Å². The van der Waals surface area contributed by atoms with Gasteiger partial charge < -0.3 is 10.2 Å². The molecule has 0 fully saturated rings. The zero-order valence-electron chi connectivity index (χ0n) is 9.73. The van der Waals surface area contributed by atoms with E-state index in [-0.39, 0.29) is 11.7 Å². The van der Waals surface area contributed by atoms with Gasteiger partial charge in [0.2, 0.25) is 15.9 Å². The van der Waals surface area contributed by atoms with E-state index in [1.165, 1.54) is 6.92 Å². The largest absolute Gasteiger partial charge is 0.395 e. The van der Waals surface area contributed by atoms with Crippen molar-refractivity contribution >= 4 is 15.9 Å². The summed E-state index contributed by atoms with van der Waals surface area (Å²) < 4.78 is 24.7. The highest BCUT2D eigenvalue weighted by atomic mass is 32.2. The normalized spacial score (nSPS) is 12.9. The minimum Gasteiger partial charge on any atom is -0.395 e. The third kappa shape index (κ3) is 4.46. The first-order chi connectivity index (χ1) is 7.17. The van der Waals surface area contributed by atoms with Crippen LogP contribution in [0.1, 0.15) is 20.8 Å². The minimum absolute atomic E-state index is 0.111. The molecule has 0 atom stereocenters. The molecule has 0 spiro atoms. The average molecular weight is 253 g/mol. The number of sulfonamides is 1. The van der Waals surface area contributed by atoms with Crippen LogP contribution in [0, 0.1) is 11.3 Å². The van der Waals surface area contributed by atoms with Crippen molar-refractivity contribution in [1.82, 2.24) is 4.72 Å². The Kier molecular flexibility index (Phi) is 5.37. The van der Waals surface area contributed by atoms with Crippen LogP contribution < -0.4 is 4.72 Å². The number of aliphatic hydroxyl groups excluding tert-OH is 2. The molecule has 0 aliphatic heterocycles. The Morgan fingerprint density at radius 2 is 1.75 bits per heavy atom. The van der Waals surface area contributed by atoms with Crippen molar-refractivity contribution < 1.29 is 23.4 Å². The maximum atomic E-state index is 11.5. The van der Waals surface area contributed by atoms with Gasteiger partial charge in [-0.25, -0.2) is 8.42 Å². The van der Waals surface area contributed by atoms with Crippen LogP contribution in [-0.2, 0) is 14.8 Å². The lowest BCUT2D eigenvalue weighted by Gasteiger charge is -2.23. The predicted molar refractivity (Wildman–Crippen MR) is 59.0 cm³/mol. The number of aliphatic hydroxyl groups is 2. The van der Waals surface area contributed by atoms with Gasteiger partial charge in [-0.2, -0.15) is 0 Å². The van der Waals surface area contributed by atoms with Crippen molar-refractivity contribution in [3.8, 4) is 0 Å². The van der Waals surface area contributed by atoms with Gasteiger partial charge in [-0.05, 0) is 12.8 Å². The highest BCUT2D eigenvalue weighted by molar-refractivity contribution is 7.90. The summed E-state index contributed by atoms with van der Waals surface area (Å²) in [6.45, 7) is 3.47. The molecule has 0 heterocycles. The van der Waals surface area contributed by atoms with Crippen LogP contribution in [0.5, 0.6) is 0 Å². The highest BCUT2D eigenvalue weighted by Gasteiger charge is 2.34. The number of hydrogen-bond donors (Lipinski definition) is 3. The molecule has 3 N–H and O–H groups in total. The van der Waals surface area contributed by atoms with E-state index in [2.05, 4.69) is 0 Å². The smallest absolute Gasteiger partial charge is 0.244 e. The Morgan fingerprint density at radius 3 is 2.06 bits per heavy atom. The molecular formula is C9H19NO5S. The Balaban J connectivity index is 4.68. The molecular weight excluding hydrogens is 234 g/mol. The van der Waals surface area contributed by atoms with Crippen LogP contribution in [0.4, 0.5) is 0 Å². The number of amides is 1. The van der Waals surface area contributed by atoms with E-state index < -0.39 is 34.6 Å². The molecule has 96 valence electrons. The lowest BCUT2D eigenvalue weighted by molar-refractivity contribution is -0.132. The second-order valence-corrected chi connectivity index (χ2v) is 6.25. The van der Waals surface area contributed by atoms with Crippen molar-refractivity contribution in [3.63, 3.8) is 0 Å². The minimum atomic E-state index is -3.71. The average Bonchev–Trinajstić information content (AvgIpc) is 2.13. The maximum Gasteiger partial charge on any atom is 0.244 e. The molecule has 0 saturated carbocycles. The first kappa shape index (κ1) is 15.3. The number of rotatable bonds is 6. The lowest BCUT2D eigenvalue weighted by Crippen LogP contribution is -2.47. The Hall–Kier alpha value is -0.660. The fraction of sp³-hybridized carbons (Fsp3) is 0.889. The molecule has 0 unspecified atom stereocenters. The third-order valence-electron chi connectivity index (χ3n) is 2.05. The van der Waals surface area contributed by atoms with Crippen molar-refractivity contribution in [1.29, 1.82) is 0 Å². The second-order valence-electron chi connectivity index (χ2n) is 4.48. The first-order valence-corrected chi connectivity index (χ1v) is 6.59. The van der Waals surface area contributed by atoms with Crippen LogP contribution in [0.2, 0.25) is 0 Å². The van der Waals surface area contributed by atoms with Crippen LogP contribution in [-0.4, -0.2) is 43.5 Å². The second kappa shape index (κ2) is 5.60. The SMILES string of the molecule is CC(C)CS(=O)(=O)NC(=O)C(C)(CO)CO. The molecule has 1 amide bonds. The van der Waals surface area contributed by atoms with Gasteiger partial charge in [0.15, 0.2) is 0 Å². The van der Waals surface area contributed by atoms with Crippen LogP contribution >= 0.6 is 0 Å². The first-order valence-electron chi connectivity index (χ1n) is 4.93. The Bertz CT molecular complexity index is 332. The van der Waals surface area contributed by atoms with E-state index in [0.717, 1.165) is 0 Å². The number of carbonyl (C=O) groups excluding carboxylic acids is 1. The fourth-order valence-electron chi connectivity index (χ4n) is 0.939. The molecule has 6 nitrogen and oxygen atoms in total. The zero-order valence-corrected chi connectivity index (χ0v) is 10.5. The molecule has 0 saturated heterocycles. The summed E-state index contributed by atoms with van der Waals surface area (Å²) in [7, 11) is -3.71. The molecule has 16 heavy (non-hydrogen) atoms. The zero-order chi connectivity index (χ0) is 13.0. The summed E-state index contributed by atoms with van der Waals surface area (Å²) in [5.74, 6) is -1.18. The summed E-state index contributed by atoms with van der Waals surface area (Å²) in [4.78, 5) is 11.5. The molecule has 0 aromatic rings. The van der Waals surface area contributed by atoms with E-state index in [0.29, 0.717) is 0 Å². The quantitative estimate of drug-likeness (QED) is 0.568. The summed E-state index contributed by atoms with van der Waals surface area (Å²) in [5, 5.41) is 17.8. The molecule has 0 radical (unpaired) electrons. The molecule has 0 aromatic carbocycles.